The number of anilines is 1. The average Bonchev–Trinajstić information content (AvgIpc) is 2.74. The smallest absolute Gasteiger partial charge is 0.252 e. The summed E-state index contributed by atoms with van der Waals surface area (Å²) in [5.74, 6) is -0.361. The number of amides is 2. The van der Waals surface area contributed by atoms with E-state index in [2.05, 4.69) is 10.3 Å². The molecule has 152 valence electrons. The number of carbonyl (C=O) groups excluding carboxylic acids is 2. The lowest BCUT2D eigenvalue weighted by Gasteiger charge is -2.35. The highest BCUT2D eigenvalue weighted by Crippen LogP contribution is 2.24. The van der Waals surface area contributed by atoms with Crippen molar-refractivity contribution in [2.75, 3.05) is 37.6 Å². The van der Waals surface area contributed by atoms with Crippen LogP contribution in [-0.4, -0.2) is 62.2 Å². The van der Waals surface area contributed by atoms with Crippen LogP contribution in [-0.2, 0) is 16.4 Å². The van der Waals surface area contributed by atoms with Gasteiger partial charge < -0.3 is 16.0 Å². The van der Waals surface area contributed by atoms with E-state index in [1.54, 1.807) is 30.5 Å². The number of sulfonamides is 1. The molecule has 29 heavy (non-hydrogen) atoms. The highest BCUT2D eigenvalue weighted by molar-refractivity contribution is 7.89. The lowest BCUT2D eigenvalue weighted by Crippen LogP contribution is -2.49. The number of primary amides is 1. The second-order valence-electron chi connectivity index (χ2n) is 6.95. The Hall–Kier alpha value is -2.98. The first-order valence-corrected chi connectivity index (χ1v) is 10.7. The van der Waals surface area contributed by atoms with Gasteiger partial charge in [0.1, 0.15) is 5.82 Å². The summed E-state index contributed by atoms with van der Waals surface area (Å²) in [6.45, 7) is 1.78. The first-order chi connectivity index (χ1) is 13.9. The van der Waals surface area contributed by atoms with Gasteiger partial charge in [0, 0.05) is 44.5 Å². The Balaban J connectivity index is 1.53. The number of benzene rings is 1. The van der Waals surface area contributed by atoms with Crippen LogP contribution in [0, 0.1) is 0 Å². The SMILES string of the molecule is NC(=O)c1cccnc1N1CCN(S(=O)(=O)c2ccc3c(c2)C(=O)NCC3)CC1. The van der Waals surface area contributed by atoms with Crippen LogP contribution in [0.25, 0.3) is 0 Å². The third-order valence-electron chi connectivity index (χ3n) is 5.23. The van der Waals surface area contributed by atoms with Gasteiger partial charge in [-0.1, -0.05) is 6.07 Å². The van der Waals surface area contributed by atoms with Crippen LogP contribution in [0.15, 0.2) is 41.4 Å². The van der Waals surface area contributed by atoms with E-state index < -0.39 is 15.9 Å². The van der Waals surface area contributed by atoms with Crippen molar-refractivity contribution >= 4 is 27.7 Å². The zero-order valence-electron chi connectivity index (χ0n) is 15.7. The molecule has 0 bridgehead atoms. The van der Waals surface area contributed by atoms with E-state index in [1.165, 1.54) is 10.4 Å². The number of aromatic nitrogens is 1. The second kappa shape index (κ2) is 7.45. The fraction of sp³-hybridized carbons (Fsp3) is 0.316. The van der Waals surface area contributed by atoms with Crippen molar-refractivity contribution in [3.8, 4) is 0 Å². The van der Waals surface area contributed by atoms with Gasteiger partial charge in [-0.2, -0.15) is 4.31 Å². The Bertz CT molecular complexity index is 1080. The number of fused-ring (bicyclic) bond motifs is 1. The molecule has 9 nitrogen and oxygen atoms in total. The summed E-state index contributed by atoms with van der Waals surface area (Å²) in [4.78, 5) is 29.9. The summed E-state index contributed by atoms with van der Waals surface area (Å²) in [6.07, 6.45) is 2.26. The van der Waals surface area contributed by atoms with Crippen molar-refractivity contribution in [3.63, 3.8) is 0 Å². The molecule has 0 saturated carbocycles. The van der Waals surface area contributed by atoms with E-state index in [9.17, 15) is 18.0 Å². The van der Waals surface area contributed by atoms with Crippen LogP contribution in [0.2, 0.25) is 0 Å². The zero-order valence-corrected chi connectivity index (χ0v) is 16.5. The molecule has 3 N–H and O–H groups in total. The molecule has 1 fully saturated rings. The molecular formula is C19H21N5O4S. The van der Waals surface area contributed by atoms with E-state index in [4.69, 9.17) is 5.73 Å². The Morgan fingerprint density at radius 2 is 1.90 bits per heavy atom. The number of nitrogens with zero attached hydrogens (tertiary/aromatic N) is 3. The van der Waals surface area contributed by atoms with Gasteiger partial charge in [-0.15, -0.1) is 0 Å². The molecule has 2 amide bonds. The quantitative estimate of drug-likeness (QED) is 0.723. The minimum Gasteiger partial charge on any atom is -0.365 e. The van der Waals surface area contributed by atoms with Crippen molar-refractivity contribution in [1.29, 1.82) is 0 Å². The van der Waals surface area contributed by atoms with Gasteiger partial charge in [0.25, 0.3) is 11.8 Å². The predicted molar refractivity (Wildman–Crippen MR) is 106 cm³/mol. The highest BCUT2D eigenvalue weighted by Gasteiger charge is 2.31. The van der Waals surface area contributed by atoms with Gasteiger partial charge in [0.05, 0.1) is 10.5 Å². The molecular weight excluding hydrogens is 394 g/mol. The monoisotopic (exact) mass is 415 g/mol. The number of nitrogens with two attached hydrogens (primary N) is 1. The van der Waals surface area contributed by atoms with Crippen molar-refractivity contribution < 1.29 is 18.0 Å². The van der Waals surface area contributed by atoms with Crippen LogP contribution in [0.4, 0.5) is 5.82 Å². The maximum Gasteiger partial charge on any atom is 0.252 e. The molecule has 0 spiro atoms. The maximum atomic E-state index is 13.1. The number of hydrogen-bond donors (Lipinski definition) is 2. The minimum absolute atomic E-state index is 0.109. The summed E-state index contributed by atoms with van der Waals surface area (Å²) in [6, 6.07) is 7.96. The first-order valence-electron chi connectivity index (χ1n) is 9.29. The lowest BCUT2D eigenvalue weighted by molar-refractivity contribution is 0.0944. The fourth-order valence-corrected chi connectivity index (χ4v) is 5.13. The molecule has 2 aliphatic rings. The predicted octanol–water partition coefficient (Wildman–Crippen LogP) is -0.0227. The van der Waals surface area contributed by atoms with Gasteiger partial charge >= 0.3 is 0 Å². The molecule has 0 radical (unpaired) electrons. The highest BCUT2D eigenvalue weighted by atomic mass is 32.2. The minimum atomic E-state index is -3.74. The lowest BCUT2D eigenvalue weighted by atomic mass is 10.0. The number of pyridine rings is 1. The van der Waals surface area contributed by atoms with Crippen molar-refractivity contribution in [2.45, 2.75) is 11.3 Å². The number of piperazine rings is 1. The third kappa shape index (κ3) is 3.56. The topological polar surface area (TPSA) is 126 Å². The molecule has 1 aromatic heterocycles. The Morgan fingerprint density at radius 1 is 1.14 bits per heavy atom. The van der Waals surface area contributed by atoms with E-state index in [1.807, 2.05) is 4.90 Å². The summed E-state index contributed by atoms with van der Waals surface area (Å²) in [7, 11) is -3.74. The summed E-state index contributed by atoms with van der Waals surface area (Å²) in [5, 5.41) is 2.74. The fourth-order valence-electron chi connectivity index (χ4n) is 3.68. The molecule has 4 rings (SSSR count). The van der Waals surface area contributed by atoms with E-state index in [0.717, 1.165) is 5.56 Å². The molecule has 1 saturated heterocycles. The van der Waals surface area contributed by atoms with Gasteiger partial charge in [-0.25, -0.2) is 13.4 Å². The third-order valence-corrected chi connectivity index (χ3v) is 7.13. The molecule has 3 heterocycles. The van der Waals surface area contributed by atoms with Crippen molar-refractivity contribution in [1.82, 2.24) is 14.6 Å². The first kappa shape index (κ1) is 19.3. The average molecular weight is 415 g/mol. The van der Waals surface area contributed by atoms with Gasteiger partial charge in [-0.3, -0.25) is 9.59 Å². The van der Waals surface area contributed by atoms with Crippen LogP contribution >= 0.6 is 0 Å². The number of nitrogens with one attached hydrogen (secondary N) is 1. The van der Waals surface area contributed by atoms with E-state index in [0.29, 0.717) is 43.0 Å². The largest absolute Gasteiger partial charge is 0.365 e. The summed E-state index contributed by atoms with van der Waals surface area (Å²) in [5.41, 5.74) is 6.99. The normalized spacial score (nSPS) is 17.5. The zero-order chi connectivity index (χ0) is 20.6. The van der Waals surface area contributed by atoms with Crippen LogP contribution < -0.4 is 16.0 Å². The van der Waals surface area contributed by atoms with Gasteiger partial charge in [0.15, 0.2) is 0 Å². The molecule has 2 aliphatic heterocycles. The Morgan fingerprint density at radius 3 is 2.62 bits per heavy atom. The Kier molecular flexibility index (Phi) is 4.97. The van der Waals surface area contributed by atoms with Crippen molar-refractivity contribution in [2.24, 2.45) is 5.73 Å². The molecule has 0 aliphatic carbocycles. The second-order valence-corrected chi connectivity index (χ2v) is 8.89. The Labute approximate surface area is 168 Å². The molecule has 0 atom stereocenters. The van der Waals surface area contributed by atoms with Gasteiger partial charge in [0.2, 0.25) is 10.0 Å². The van der Waals surface area contributed by atoms with Crippen molar-refractivity contribution in [3.05, 3.63) is 53.2 Å². The number of rotatable bonds is 4. The molecule has 1 aromatic carbocycles. The summed E-state index contributed by atoms with van der Waals surface area (Å²) >= 11 is 0. The van der Waals surface area contributed by atoms with Crippen LogP contribution in [0.5, 0.6) is 0 Å². The van der Waals surface area contributed by atoms with E-state index in [-0.39, 0.29) is 23.9 Å². The summed E-state index contributed by atoms with van der Waals surface area (Å²) < 4.78 is 27.6. The van der Waals surface area contributed by atoms with Crippen LogP contribution in [0.1, 0.15) is 26.3 Å². The van der Waals surface area contributed by atoms with E-state index >= 15 is 0 Å². The van der Waals surface area contributed by atoms with Crippen LogP contribution in [0.3, 0.4) is 0 Å². The molecule has 10 heteroatoms. The number of carbonyl (C=O) groups is 2. The molecule has 0 unspecified atom stereocenters. The maximum absolute atomic E-state index is 13.1. The van der Waals surface area contributed by atoms with Gasteiger partial charge in [-0.05, 0) is 36.2 Å². The molecule has 2 aromatic rings. The number of hydrogen-bond acceptors (Lipinski definition) is 6. The standard InChI is InChI=1S/C19H21N5O4S/c20-17(25)15-2-1-6-21-18(15)23-8-10-24(11-9-23)29(27,28)14-4-3-13-5-7-22-19(26)16(13)12-14/h1-4,6,12H,5,7-11H2,(H2,20,25)(H,22,26).